The van der Waals surface area contributed by atoms with Gasteiger partial charge in [0.2, 0.25) is 0 Å². The summed E-state index contributed by atoms with van der Waals surface area (Å²) in [5, 5.41) is 3.01. The highest BCUT2D eigenvalue weighted by atomic mass is 16.1. The summed E-state index contributed by atoms with van der Waals surface area (Å²) in [5.41, 5.74) is 3.63. The van der Waals surface area contributed by atoms with Crippen molar-refractivity contribution >= 4 is 11.6 Å². The van der Waals surface area contributed by atoms with Crippen LogP contribution >= 0.6 is 0 Å². The van der Waals surface area contributed by atoms with Gasteiger partial charge < -0.3 is 10.7 Å². The van der Waals surface area contributed by atoms with Crippen LogP contribution in [-0.4, -0.2) is 17.4 Å². The first-order chi connectivity index (χ1) is 9.26. The van der Waals surface area contributed by atoms with E-state index < -0.39 is 0 Å². The molecule has 3 atom stereocenters. The van der Waals surface area contributed by atoms with E-state index in [1.54, 1.807) is 18.3 Å². The zero-order valence-electron chi connectivity index (χ0n) is 10.9. The van der Waals surface area contributed by atoms with Crippen LogP contribution in [-0.2, 0) is 0 Å². The van der Waals surface area contributed by atoms with Crippen LogP contribution in [0.4, 0.5) is 5.69 Å². The maximum Gasteiger partial charge on any atom is 0.269 e. The SMILES string of the molecule is NNc1ccnc(C(=O)NCC2CC3CCC2C3)c1. The van der Waals surface area contributed by atoms with Crippen molar-refractivity contribution in [2.24, 2.45) is 23.6 Å². The summed E-state index contributed by atoms with van der Waals surface area (Å²) in [6, 6.07) is 3.39. The molecule has 1 amide bonds. The normalized spacial score (nSPS) is 28.4. The van der Waals surface area contributed by atoms with E-state index >= 15 is 0 Å². The molecule has 4 N–H and O–H groups in total. The first kappa shape index (κ1) is 12.4. The number of hydrogen-bond donors (Lipinski definition) is 3. The number of amides is 1. The summed E-state index contributed by atoms with van der Waals surface area (Å²) in [6.45, 7) is 0.780. The van der Waals surface area contributed by atoms with Gasteiger partial charge in [-0.3, -0.25) is 15.6 Å². The fourth-order valence-electron chi connectivity index (χ4n) is 3.59. The third-order valence-corrected chi connectivity index (χ3v) is 4.57. The van der Waals surface area contributed by atoms with Gasteiger partial charge >= 0.3 is 0 Å². The number of nitrogen functional groups attached to an aromatic ring is 1. The maximum atomic E-state index is 12.0. The topological polar surface area (TPSA) is 80.0 Å². The minimum Gasteiger partial charge on any atom is -0.350 e. The molecule has 1 aromatic rings. The largest absolute Gasteiger partial charge is 0.350 e. The first-order valence-electron chi connectivity index (χ1n) is 6.97. The predicted molar refractivity (Wildman–Crippen MR) is 73.3 cm³/mol. The number of pyridine rings is 1. The smallest absolute Gasteiger partial charge is 0.269 e. The zero-order chi connectivity index (χ0) is 13.2. The molecule has 19 heavy (non-hydrogen) atoms. The summed E-state index contributed by atoms with van der Waals surface area (Å²) >= 11 is 0. The van der Waals surface area contributed by atoms with Crippen molar-refractivity contribution in [2.45, 2.75) is 25.7 Å². The van der Waals surface area contributed by atoms with Crippen LogP contribution in [0.15, 0.2) is 18.3 Å². The van der Waals surface area contributed by atoms with E-state index in [-0.39, 0.29) is 5.91 Å². The van der Waals surface area contributed by atoms with E-state index in [1.807, 2.05) is 0 Å². The molecule has 3 rings (SSSR count). The molecule has 2 saturated carbocycles. The van der Waals surface area contributed by atoms with Gasteiger partial charge in [0.25, 0.3) is 5.91 Å². The molecule has 2 fully saturated rings. The summed E-state index contributed by atoms with van der Waals surface area (Å²) < 4.78 is 0. The molecule has 0 aliphatic heterocycles. The van der Waals surface area contributed by atoms with Crippen molar-refractivity contribution in [2.75, 3.05) is 12.0 Å². The van der Waals surface area contributed by atoms with Gasteiger partial charge in [0.15, 0.2) is 0 Å². The number of carbonyl (C=O) groups is 1. The van der Waals surface area contributed by atoms with Crippen LogP contribution < -0.4 is 16.6 Å². The van der Waals surface area contributed by atoms with E-state index in [0.29, 0.717) is 17.3 Å². The Bertz CT molecular complexity index is 476. The summed E-state index contributed by atoms with van der Waals surface area (Å²) in [7, 11) is 0. The van der Waals surface area contributed by atoms with Crippen molar-refractivity contribution in [3.63, 3.8) is 0 Å². The lowest BCUT2D eigenvalue weighted by Crippen LogP contribution is -2.32. The number of hydrazine groups is 1. The Morgan fingerprint density at radius 1 is 1.42 bits per heavy atom. The van der Waals surface area contributed by atoms with Crippen LogP contribution in [0.2, 0.25) is 0 Å². The van der Waals surface area contributed by atoms with E-state index in [1.165, 1.54) is 25.7 Å². The second kappa shape index (κ2) is 5.17. The molecule has 5 heteroatoms. The Hall–Kier alpha value is -1.62. The molecule has 2 aliphatic rings. The van der Waals surface area contributed by atoms with E-state index in [2.05, 4.69) is 15.7 Å². The zero-order valence-corrected chi connectivity index (χ0v) is 10.9. The predicted octanol–water partition coefficient (Wildman–Crippen LogP) is 1.53. The molecule has 2 aliphatic carbocycles. The van der Waals surface area contributed by atoms with Crippen molar-refractivity contribution in [3.8, 4) is 0 Å². The molecule has 3 unspecified atom stereocenters. The maximum absolute atomic E-state index is 12.0. The molecule has 1 aromatic heterocycles. The Labute approximate surface area is 112 Å². The van der Waals surface area contributed by atoms with E-state index in [4.69, 9.17) is 5.84 Å². The Balaban J connectivity index is 1.56. The average Bonchev–Trinajstić information content (AvgIpc) is 3.07. The highest BCUT2D eigenvalue weighted by molar-refractivity contribution is 5.93. The molecule has 0 aromatic carbocycles. The van der Waals surface area contributed by atoms with Crippen LogP contribution in [0.25, 0.3) is 0 Å². The van der Waals surface area contributed by atoms with Gasteiger partial charge in [0.05, 0.1) is 5.69 Å². The van der Waals surface area contributed by atoms with E-state index in [0.717, 1.165) is 18.4 Å². The van der Waals surface area contributed by atoms with Crippen molar-refractivity contribution in [3.05, 3.63) is 24.0 Å². The molecular formula is C14H20N4O. The third-order valence-electron chi connectivity index (χ3n) is 4.57. The lowest BCUT2D eigenvalue weighted by atomic mass is 9.89. The van der Waals surface area contributed by atoms with Gasteiger partial charge in [-0.05, 0) is 49.1 Å². The van der Waals surface area contributed by atoms with E-state index in [9.17, 15) is 4.79 Å². The number of rotatable bonds is 4. The highest BCUT2D eigenvalue weighted by Crippen LogP contribution is 2.47. The fourth-order valence-corrected chi connectivity index (χ4v) is 3.59. The number of nitrogens with one attached hydrogen (secondary N) is 2. The van der Waals surface area contributed by atoms with Crippen molar-refractivity contribution in [1.29, 1.82) is 0 Å². The number of aromatic nitrogens is 1. The highest BCUT2D eigenvalue weighted by Gasteiger charge is 2.39. The molecule has 102 valence electrons. The lowest BCUT2D eigenvalue weighted by molar-refractivity contribution is 0.0937. The van der Waals surface area contributed by atoms with Crippen LogP contribution in [0.1, 0.15) is 36.2 Å². The minimum atomic E-state index is -0.111. The van der Waals surface area contributed by atoms with Crippen LogP contribution in [0.5, 0.6) is 0 Å². The molecule has 1 heterocycles. The monoisotopic (exact) mass is 260 g/mol. The second-order valence-corrected chi connectivity index (χ2v) is 5.72. The van der Waals surface area contributed by atoms with Crippen molar-refractivity contribution in [1.82, 2.24) is 10.3 Å². The molecule has 0 radical (unpaired) electrons. The van der Waals surface area contributed by atoms with Gasteiger partial charge in [-0.2, -0.15) is 0 Å². The molecule has 2 bridgehead atoms. The quantitative estimate of drug-likeness (QED) is 0.566. The van der Waals surface area contributed by atoms with Crippen LogP contribution in [0.3, 0.4) is 0 Å². The van der Waals surface area contributed by atoms with Crippen LogP contribution in [0, 0.1) is 17.8 Å². The number of nitrogens with zero attached hydrogens (tertiary/aromatic N) is 1. The first-order valence-corrected chi connectivity index (χ1v) is 6.97. The summed E-state index contributed by atoms with van der Waals surface area (Å²) in [6.07, 6.45) is 6.96. The number of carbonyl (C=O) groups excluding carboxylic acids is 1. The average molecular weight is 260 g/mol. The van der Waals surface area contributed by atoms with Gasteiger partial charge in [-0.25, -0.2) is 0 Å². The van der Waals surface area contributed by atoms with Gasteiger partial charge in [0, 0.05) is 12.7 Å². The molecular weight excluding hydrogens is 240 g/mol. The lowest BCUT2D eigenvalue weighted by Gasteiger charge is -2.21. The fraction of sp³-hybridized carbons (Fsp3) is 0.571. The second-order valence-electron chi connectivity index (χ2n) is 5.72. The minimum absolute atomic E-state index is 0.111. The number of fused-ring (bicyclic) bond motifs is 2. The Kier molecular flexibility index (Phi) is 3.38. The van der Waals surface area contributed by atoms with Gasteiger partial charge in [0.1, 0.15) is 5.69 Å². The number of anilines is 1. The standard InChI is InChI=1S/C14H20N4O/c15-18-12-3-4-16-13(7-12)14(19)17-8-11-6-9-1-2-10(11)5-9/h3-4,7,9-11H,1-2,5-6,8,15H2,(H,16,18)(H,17,19). The molecule has 5 nitrogen and oxygen atoms in total. The molecule has 0 spiro atoms. The molecule has 0 saturated heterocycles. The number of nitrogens with two attached hydrogens (primary N) is 1. The summed E-state index contributed by atoms with van der Waals surface area (Å²) in [4.78, 5) is 16.1. The van der Waals surface area contributed by atoms with Crippen molar-refractivity contribution < 1.29 is 4.79 Å². The summed E-state index contributed by atoms with van der Waals surface area (Å²) in [5.74, 6) is 7.62. The van der Waals surface area contributed by atoms with Gasteiger partial charge in [-0.1, -0.05) is 6.42 Å². The van der Waals surface area contributed by atoms with Gasteiger partial charge in [-0.15, -0.1) is 0 Å². The number of hydrogen-bond acceptors (Lipinski definition) is 4. The Morgan fingerprint density at radius 3 is 3.00 bits per heavy atom. The Morgan fingerprint density at radius 2 is 2.32 bits per heavy atom. The third kappa shape index (κ3) is 2.56.